The van der Waals surface area contributed by atoms with Crippen LogP contribution in [-0.2, 0) is 4.84 Å². The second-order valence-electron chi connectivity index (χ2n) is 1.80. The lowest BCUT2D eigenvalue weighted by molar-refractivity contribution is -1.09. The Morgan fingerprint density at radius 3 is 2.14 bits per heavy atom. The van der Waals surface area contributed by atoms with Crippen molar-refractivity contribution in [1.29, 1.82) is 0 Å². The molecule has 0 spiro atoms. The number of hydroxylamine groups is 4. The minimum atomic E-state index is -0.431. The molecule has 1 heterocycles. The number of nitrogens with zero attached hydrogens (tertiary/aromatic N) is 1. The monoisotopic (exact) mass is 103 g/mol. The first-order chi connectivity index (χ1) is 3.27. The molecule has 1 rings (SSSR count). The third kappa shape index (κ3) is 0.748. The quantitative estimate of drug-likeness (QED) is 0.352. The summed E-state index contributed by atoms with van der Waals surface area (Å²) in [6.07, 6.45) is 1.01. The van der Waals surface area contributed by atoms with Crippen LogP contribution in [0.25, 0.3) is 0 Å². The van der Waals surface area contributed by atoms with Gasteiger partial charge in [0, 0.05) is 0 Å². The first kappa shape index (κ1) is 5.03. The Hall–Kier alpha value is -0.120. The molecule has 42 valence electrons. The lowest BCUT2D eigenvalue weighted by atomic mass is 10.3. The maximum Gasteiger partial charge on any atom is 0.114 e. The molecule has 0 aliphatic carbocycles. The SMILES string of the molecule is CO[N+]1([O-])CCC1. The van der Waals surface area contributed by atoms with Gasteiger partial charge in [0.1, 0.15) is 13.1 Å². The van der Waals surface area contributed by atoms with Crippen LogP contribution in [-0.4, -0.2) is 25.0 Å². The van der Waals surface area contributed by atoms with Crippen molar-refractivity contribution in [2.45, 2.75) is 6.42 Å². The number of hydrogen-bond acceptors (Lipinski definition) is 2. The summed E-state index contributed by atoms with van der Waals surface area (Å²) in [5.74, 6) is 0. The second kappa shape index (κ2) is 1.43. The molecule has 0 saturated carbocycles. The molecule has 1 aliphatic rings. The predicted molar refractivity (Wildman–Crippen MR) is 25.0 cm³/mol. The first-order valence-electron chi connectivity index (χ1n) is 2.41. The average Bonchev–Trinajstić information content (AvgIpc) is 1.61. The molecule has 0 amide bonds. The molecular weight excluding hydrogens is 94.0 g/mol. The lowest BCUT2D eigenvalue weighted by Crippen LogP contribution is -2.51. The van der Waals surface area contributed by atoms with E-state index >= 15 is 0 Å². The van der Waals surface area contributed by atoms with E-state index in [1.54, 1.807) is 0 Å². The summed E-state index contributed by atoms with van der Waals surface area (Å²) in [5, 5.41) is 10.6. The molecule has 0 bridgehead atoms. The Labute approximate surface area is 42.6 Å². The highest BCUT2D eigenvalue weighted by Crippen LogP contribution is 2.16. The molecule has 7 heavy (non-hydrogen) atoms. The fraction of sp³-hybridized carbons (Fsp3) is 1.00. The van der Waals surface area contributed by atoms with E-state index in [4.69, 9.17) is 0 Å². The molecule has 0 radical (unpaired) electrons. The maximum atomic E-state index is 10.6. The molecule has 1 fully saturated rings. The van der Waals surface area contributed by atoms with Crippen LogP contribution in [0.15, 0.2) is 0 Å². The van der Waals surface area contributed by atoms with E-state index in [-0.39, 0.29) is 0 Å². The van der Waals surface area contributed by atoms with Gasteiger partial charge in [-0.3, -0.25) is 0 Å². The smallest absolute Gasteiger partial charge is 0.114 e. The number of quaternary nitrogens is 1. The van der Waals surface area contributed by atoms with Crippen LogP contribution in [0.4, 0.5) is 0 Å². The molecule has 3 nitrogen and oxygen atoms in total. The van der Waals surface area contributed by atoms with Crippen molar-refractivity contribution in [3.8, 4) is 0 Å². The van der Waals surface area contributed by atoms with E-state index in [1.807, 2.05) is 0 Å². The van der Waals surface area contributed by atoms with E-state index in [1.165, 1.54) is 7.11 Å². The molecule has 3 heteroatoms. The zero-order valence-electron chi connectivity index (χ0n) is 4.39. The zero-order valence-corrected chi connectivity index (χ0v) is 4.39. The van der Waals surface area contributed by atoms with E-state index in [9.17, 15) is 5.21 Å². The van der Waals surface area contributed by atoms with Gasteiger partial charge in [0.25, 0.3) is 0 Å². The summed E-state index contributed by atoms with van der Waals surface area (Å²) < 4.78 is 0. The van der Waals surface area contributed by atoms with Crippen molar-refractivity contribution in [2.24, 2.45) is 0 Å². The molecule has 0 aromatic heterocycles. The summed E-state index contributed by atoms with van der Waals surface area (Å²) in [4.78, 5) is 4.12. The standard InChI is InChI=1S/C4H9NO2/c1-7-5(6)3-2-4-5/h2-4H2,1H3. The highest BCUT2D eigenvalue weighted by molar-refractivity contribution is 4.46. The number of rotatable bonds is 1. The fourth-order valence-electron chi connectivity index (χ4n) is 0.599. The van der Waals surface area contributed by atoms with Crippen LogP contribution in [0.1, 0.15) is 6.42 Å². The Bertz CT molecular complexity index is 64.6. The summed E-state index contributed by atoms with van der Waals surface area (Å²) in [7, 11) is 1.45. The molecule has 1 aliphatic heterocycles. The molecule has 0 aromatic carbocycles. The molecular formula is C4H9NO2. The Kier molecular flexibility index (Phi) is 1.03. The van der Waals surface area contributed by atoms with Gasteiger partial charge in [-0.15, -0.1) is 0 Å². The topological polar surface area (TPSA) is 32.3 Å². The molecule has 0 N–H and O–H groups in total. The largest absolute Gasteiger partial charge is 0.598 e. The van der Waals surface area contributed by atoms with E-state index in [2.05, 4.69) is 4.84 Å². The van der Waals surface area contributed by atoms with Gasteiger partial charge in [-0.25, -0.2) is 9.65 Å². The first-order valence-corrected chi connectivity index (χ1v) is 2.41. The van der Waals surface area contributed by atoms with Gasteiger partial charge in [-0.1, -0.05) is 0 Å². The third-order valence-electron chi connectivity index (χ3n) is 1.33. The van der Waals surface area contributed by atoms with Crippen LogP contribution >= 0.6 is 0 Å². The van der Waals surface area contributed by atoms with Crippen molar-refractivity contribution in [3.05, 3.63) is 5.21 Å². The minimum Gasteiger partial charge on any atom is -0.598 e. The predicted octanol–water partition coefficient (Wildman–Crippen LogP) is 0.266. The van der Waals surface area contributed by atoms with Gasteiger partial charge >= 0.3 is 0 Å². The van der Waals surface area contributed by atoms with Gasteiger partial charge in [0.05, 0.1) is 13.5 Å². The van der Waals surface area contributed by atoms with E-state index < -0.39 is 4.81 Å². The average molecular weight is 103 g/mol. The molecule has 0 atom stereocenters. The number of hydrogen-bond donors (Lipinski definition) is 0. The van der Waals surface area contributed by atoms with Gasteiger partial charge < -0.3 is 5.21 Å². The molecule has 0 aromatic rings. The van der Waals surface area contributed by atoms with Crippen LogP contribution in [0.2, 0.25) is 0 Å². The summed E-state index contributed by atoms with van der Waals surface area (Å²) in [6, 6.07) is 0. The zero-order chi connectivity index (χ0) is 5.33. The van der Waals surface area contributed by atoms with Gasteiger partial charge in [0.15, 0.2) is 0 Å². The highest BCUT2D eigenvalue weighted by atomic mass is 16.9. The lowest BCUT2D eigenvalue weighted by Gasteiger charge is -2.44. The third-order valence-corrected chi connectivity index (χ3v) is 1.33. The normalized spacial score (nSPS) is 26.6. The second-order valence-corrected chi connectivity index (χ2v) is 1.80. The van der Waals surface area contributed by atoms with Crippen molar-refractivity contribution < 1.29 is 9.65 Å². The molecule has 1 saturated heterocycles. The van der Waals surface area contributed by atoms with Gasteiger partial charge in [-0.05, 0) is 0 Å². The summed E-state index contributed by atoms with van der Waals surface area (Å²) in [5.41, 5.74) is 0. The van der Waals surface area contributed by atoms with Gasteiger partial charge in [0.2, 0.25) is 0 Å². The van der Waals surface area contributed by atoms with Crippen LogP contribution in [0.5, 0.6) is 0 Å². The Morgan fingerprint density at radius 1 is 1.57 bits per heavy atom. The molecule has 0 unspecified atom stereocenters. The van der Waals surface area contributed by atoms with Gasteiger partial charge in [-0.2, -0.15) is 0 Å². The maximum absolute atomic E-state index is 10.6. The summed E-state index contributed by atoms with van der Waals surface area (Å²) >= 11 is 0. The van der Waals surface area contributed by atoms with E-state index in [0.29, 0.717) is 13.1 Å². The fourth-order valence-corrected chi connectivity index (χ4v) is 0.599. The van der Waals surface area contributed by atoms with Crippen LogP contribution in [0.3, 0.4) is 0 Å². The minimum absolute atomic E-state index is 0.431. The Morgan fingerprint density at radius 2 is 2.14 bits per heavy atom. The Balaban J connectivity index is 2.29. The van der Waals surface area contributed by atoms with Crippen molar-refractivity contribution in [2.75, 3.05) is 20.2 Å². The van der Waals surface area contributed by atoms with E-state index in [0.717, 1.165) is 6.42 Å². The summed E-state index contributed by atoms with van der Waals surface area (Å²) in [6.45, 7) is 1.27. The highest BCUT2D eigenvalue weighted by Gasteiger charge is 2.26. The van der Waals surface area contributed by atoms with Crippen LogP contribution < -0.4 is 0 Å². The van der Waals surface area contributed by atoms with Crippen molar-refractivity contribution in [1.82, 2.24) is 0 Å². The van der Waals surface area contributed by atoms with Crippen molar-refractivity contribution in [3.63, 3.8) is 0 Å². The van der Waals surface area contributed by atoms with Crippen LogP contribution in [0, 0.1) is 5.21 Å². The van der Waals surface area contributed by atoms with Crippen molar-refractivity contribution >= 4 is 0 Å².